The first-order valence-electron chi connectivity index (χ1n) is 4.91. The van der Waals surface area contributed by atoms with Crippen molar-refractivity contribution in [1.29, 1.82) is 0 Å². The number of aromatic nitrogens is 2. The van der Waals surface area contributed by atoms with E-state index < -0.39 is 0 Å². The molecule has 2 aromatic heterocycles. The zero-order valence-electron chi connectivity index (χ0n) is 9.21. The molecule has 0 aliphatic heterocycles. The fraction of sp³-hybridized carbons (Fsp3) is 0.182. The number of nitrogens with zero attached hydrogens (tertiary/aromatic N) is 2. The highest BCUT2D eigenvalue weighted by molar-refractivity contribution is 7.13. The van der Waals surface area contributed by atoms with Crippen LogP contribution in [-0.2, 0) is 6.42 Å². The van der Waals surface area contributed by atoms with Crippen LogP contribution in [-0.4, -0.2) is 22.9 Å². The molecule has 2 heterocycles. The number of pyridine rings is 1. The third kappa shape index (κ3) is 2.79. The van der Waals surface area contributed by atoms with E-state index in [-0.39, 0.29) is 12.2 Å². The van der Waals surface area contributed by atoms with E-state index in [9.17, 15) is 4.79 Å². The molecule has 17 heavy (non-hydrogen) atoms. The van der Waals surface area contributed by atoms with Crippen molar-refractivity contribution in [3.8, 4) is 5.75 Å². The van der Waals surface area contributed by atoms with E-state index in [0.29, 0.717) is 22.1 Å². The summed E-state index contributed by atoms with van der Waals surface area (Å²) in [4.78, 5) is 19.9. The molecule has 0 atom stereocenters. The average Bonchev–Trinajstić information content (AvgIpc) is 2.75. The summed E-state index contributed by atoms with van der Waals surface area (Å²) in [6, 6.07) is 1.66. The van der Waals surface area contributed by atoms with Gasteiger partial charge < -0.3 is 10.5 Å². The Balaban J connectivity index is 2.14. The number of carbonyl (C=O) groups is 1. The third-order valence-electron chi connectivity index (χ3n) is 2.18. The van der Waals surface area contributed by atoms with Crippen molar-refractivity contribution in [2.24, 2.45) is 0 Å². The molecular formula is C11H11N3O2S. The smallest absolute Gasteiger partial charge is 0.180 e. The Hall–Kier alpha value is -1.95. The van der Waals surface area contributed by atoms with Crippen molar-refractivity contribution in [3.63, 3.8) is 0 Å². The lowest BCUT2D eigenvalue weighted by Crippen LogP contribution is -2.05. The summed E-state index contributed by atoms with van der Waals surface area (Å²) in [5, 5.41) is 2.25. The number of carbonyl (C=O) groups excluding carboxylic acids is 1. The van der Waals surface area contributed by atoms with Gasteiger partial charge in [-0.2, -0.15) is 0 Å². The molecule has 0 amide bonds. The molecule has 6 heteroatoms. The van der Waals surface area contributed by atoms with Gasteiger partial charge in [-0.3, -0.25) is 9.78 Å². The molecule has 0 aliphatic rings. The maximum absolute atomic E-state index is 11.9. The molecule has 0 fully saturated rings. The number of anilines is 1. The van der Waals surface area contributed by atoms with Crippen LogP contribution in [0.2, 0.25) is 0 Å². The number of methoxy groups -OCH3 is 1. The molecule has 88 valence electrons. The van der Waals surface area contributed by atoms with Crippen LogP contribution in [0.5, 0.6) is 5.75 Å². The lowest BCUT2D eigenvalue weighted by atomic mass is 10.1. The summed E-state index contributed by atoms with van der Waals surface area (Å²) < 4.78 is 5.01. The number of ketones is 1. The van der Waals surface area contributed by atoms with E-state index >= 15 is 0 Å². The van der Waals surface area contributed by atoms with E-state index in [1.165, 1.54) is 24.6 Å². The van der Waals surface area contributed by atoms with Gasteiger partial charge in [0.25, 0.3) is 0 Å². The van der Waals surface area contributed by atoms with Crippen molar-refractivity contribution in [3.05, 3.63) is 35.1 Å². The largest absolute Gasteiger partial charge is 0.495 e. The molecule has 0 unspecified atom stereocenters. The van der Waals surface area contributed by atoms with Gasteiger partial charge in [0.2, 0.25) is 0 Å². The number of ether oxygens (including phenoxy) is 1. The molecule has 0 aliphatic carbocycles. The first kappa shape index (κ1) is 11.5. The van der Waals surface area contributed by atoms with Crippen molar-refractivity contribution in [2.45, 2.75) is 6.42 Å². The van der Waals surface area contributed by atoms with Crippen molar-refractivity contribution >= 4 is 22.3 Å². The monoisotopic (exact) mass is 249 g/mol. The molecule has 0 aromatic carbocycles. The normalized spacial score (nSPS) is 10.2. The molecule has 2 aromatic rings. The molecule has 2 rings (SSSR count). The molecule has 0 saturated carbocycles. The van der Waals surface area contributed by atoms with Gasteiger partial charge in [0, 0.05) is 17.1 Å². The van der Waals surface area contributed by atoms with Crippen LogP contribution >= 0.6 is 11.3 Å². The summed E-state index contributed by atoms with van der Waals surface area (Å²) in [7, 11) is 1.53. The Labute approximate surface area is 102 Å². The van der Waals surface area contributed by atoms with Crippen LogP contribution in [0, 0.1) is 0 Å². The van der Waals surface area contributed by atoms with Crippen LogP contribution in [0.25, 0.3) is 0 Å². The fourth-order valence-electron chi connectivity index (χ4n) is 1.35. The number of nitrogens with two attached hydrogens (primary N) is 1. The SMILES string of the molecule is COc1cncc(C(=O)Cc2csc(N)n2)c1. The standard InChI is InChI=1S/C11H11N3O2S/c1-16-9-2-7(4-13-5-9)10(15)3-8-6-17-11(12)14-8/h2,4-6H,3H2,1H3,(H2,12,14). The number of hydrogen-bond acceptors (Lipinski definition) is 6. The van der Waals surface area contributed by atoms with E-state index in [2.05, 4.69) is 9.97 Å². The fourth-order valence-corrected chi connectivity index (χ4v) is 1.92. The zero-order chi connectivity index (χ0) is 12.3. The zero-order valence-corrected chi connectivity index (χ0v) is 10.0. The van der Waals surface area contributed by atoms with Crippen molar-refractivity contribution in [2.75, 3.05) is 12.8 Å². The van der Waals surface area contributed by atoms with Crippen LogP contribution in [0.3, 0.4) is 0 Å². The van der Waals surface area contributed by atoms with E-state index in [1.54, 1.807) is 17.6 Å². The second-order valence-electron chi connectivity index (χ2n) is 3.39. The number of thiazole rings is 1. The first-order chi connectivity index (χ1) is 8.19. The molecule has 0 saturated heterocycles. The minimum atomic E-state index is -0.0540. The van der Waals surface area contributed by atoms with Crippen molar-refractivity contribution < 1.29 is 9.53 Å². The summed E-state index contributed by atoms with van der Waals surface area (Å²) in [5.41, 5.74) is 6.69. The maximum Gasteiger partial charge on any atom is 0.180 e. The average molecular weight is 249 g/mol. The Bertz CT molecular complexity index is 539. The summed E-state index contributed by atoms with van der Waals surface area (Å²) >= 11 is 1.32. The van der Waals surface area contributed by atoms with E-state index in [1.807, 2.05) is 0 Å². The minimum Gasteiger partial charge on any atom is -0.495 e. The topological polar surface area (TPSA) is 78.1 Å². The second kappa shape index (κ2) is 4.92. The Morgan fingerprint density at radius 1 is 1.53 bits per heavy atom. The summed E-state index contributed by atoms with van der Waals surface area (Å²) in [5.74, 6) is 0.510. The predicted octanol–water partition coefficient (Wildman–Crippen LogP) is 1.55. The lowest BCUT2D eigenvalue weighted by molar-refractivity contribution is 0.0991. The van der Waals surface area contributed by atoms with Gasteiger partial charge in [-0.1, -0.05) is 0 Å². The Morgan fingerprint density at radius 3 is 3.00 bits per heavy atom. The number of hydrogen-bond donors (Lipinski definition) is 1. The highest BCUT2D eigenvalue weighted by Crippen LogP contribution is 2.15. The number of rotatable bonds is 4. The quantitative estimate of drug-likeness (QED) is 0.832. The molecule has 0 bridgehead atoms. The van der Waals surface area contributed by atoms with Crippen LogP contribution < -0.4 is 10.5 Å². The van der Waals surface area contributed by atoms with Gasteiger partial charge >= 0.3 is 0 Å². The molecule has 0 spiro atoms. The van der Waals surface area contributed by atoms with Crippen LogP contribution in [0.4, 0.5) is 5.13 Å². The highest BCUT2D eigenvalue weighted by atomic mass is 32.1. The van der Waals surface area contributed by atoms with Gasteiger partial charge in [-0.05, 0) is 6.07 Å². The summed E-state index contributed by atoms with van der Waals surface area (Å²) in [6.45, 7) is 0. The lowest BCUT2D eigenvalue weighted by Gasteiger charge is -2.01. The number of nitrogen functional groups attached to an aromatic ring is 1. The minimum absolute atomic E-state index is 0.0540. The van der Waals surface area contributed by atoms with Crippen LogP contribution in [0.1, 0.15) is 16.1 Å². The Morgan fingerprint density at radius 2 is 2.35 bits per heavy atom. The van der Waals surface area contributed by atoms with Gasteiger partial charge in [0.05, 0.1) is 25.4 Å². The van der Waals surface area contributed by atoms with Crippen LogP contribution in [0.15, 0.2) is 23.8 Å². The van der Waals surface area contributed by atoms with Gasteiger partial charge in [-0.25, -0.2) is 4.98 Å². The maximum atomic E-state index is 11.9. The van der Waals surface area contributed by atoms with Gasteiger partial charge in [0.1, 0.15) is 5.75 Å². The summed E-state index contributed by atoms with van der Waals surface area (Å²) in [6.07, 6.45) is 3.29. The third-order valence-corrected chi connectivity index (χ3v) is 2.90. The predicted molar refractivity (Wildman–Crippen MR) is 65.3 cm³/mol. The highest BCUT2D eigenvalue weighted by Gasteiger charge is 2.10. The van der Waals surface area contributed by atoms with E-state index in [4.69, 9.17) is 10.5 Å². The molecule has 5 nitrogen and oxygen atoms in total. The van der Waals surface area contributed by atoms with E-state index in [0.717, 1.165) is 0 Å². The van der Waals surface area contributed by atoms with Gasteiger partial charge in [0.15, 0.2) is 10.9 Å². The molecule has 0 radical (unpaired) electrons. The molecular weight excluding hydrogens is 238 g/mol. The van der Waals surface area contributed by atoms with Crippen molar-refractivity contribution in [1.82, 2.24) is 9.97 Å². The molecule has 2 N–H and O–H groups in total. The number of Topliss-reactive ketones (excluding diaryl/α,β-unsaturated/α-hetero) is 1. The first-order valence-corrected chi connectivity index (χ1v) is 5.79. The van der Waals surface area contributed by atoms with Gasteiger partial charge in [-0.15, -0.1) is 11.3 Å². The second-order valence-corrected chi connectivity index (χ2v) is 4.28. The Kier molecular flexibility index (Phi) is 3.34.